The van der Waals surface area contributed by atoms with E-state index in [0.29, 0.717) is 5.56 Å². The number of hydrogen-bond donors (Lipinski definition) is 1. The smallest absolute Gasteiger partial charge is 0.264 e. The first-order valence-corrected chi connectivity index (χ1v) is 8.24. The molecule has 0 spiro atoms. The third-order valence-electron chi connectivity index (χ3n) is 3.28. The van der Waals surface area contributed by atoms with E-state index in [1.165, 1.54) is 18.3 Å². The summed E-state index contributed by atoms with van der Waals surface area (Å²) in [6, 6.07) is 12.0. The van der Waals surface area contributed by atoms with Gasteiger partial charge in [0, 0.05) is 0 Å². The summed E-state index contributed by atoms with van der Waals surface area (Å²) in [7, 11) is -3.89. The van der Waals surface area contributed by atoms with E-state index < -0.39 is 15.8 Å². The minimum Gasteiger partial charge on any atom is -0.337 e. The molecular formula is C16H13FN2O3S. The summed E-state index contributed by atoms with van der Waals surface area (Å²) in [5, 5.41) is 3.65. The van der Waals surface area contributed by atoms with E-state index in [4.69, 9.17) is 4.52 Å². The van der Waals surface area contributed by atoms with Gasteiger partial charge in [-0.05, 0) is 36.8 Å². The molecule has 118 valence electrons. The highest BCUT2D eigenvalue weighted by atomic mass is 32.2. The van der Waals surface area contributed by atoms with Gasteiger partial charge >= 0.3 is 0 Å². The van der Waals surface area contributed by atoms with Gasteiger partial charge in [-0.25, -0.2) is 17.5 Å². The summed E-state index contributed by atoms with van der Waals surface area (Å²) in [6.45, 7) is 1.95. The van der Waals surface area contributed by atoms with Crippen molar-refractivity contribution in [1.29, 1.82) is 0 Å². The maximum Gasteiger partial charge on any atom is 0.264 e. The highest BCUT2D eigenvalue weighted by molar-refractivity contribution is 7.92. The molecule has 1 N–H and O–H groups in total. The van der Waals surface area contributed by atoms with Gasteiger partial charge in [-0.15, -0.1) is 0 Å². The molecule has 0 aliphatic rings. The van der Waals surface area contributed by atoms with E-state index in [1.54, 1.807) is 0 Å². The lowest BCUT2D eigenvalue weighted by molar-refractivity contribution is 0.435. The fourth-order valence-electron chi connectivity index (χ4n) is 2.05. The van der Waals surface area contributed by atoms with Crippen LogP contribution in [-0.4, -0.2) is 13.6 Å². The van der Waals surface area contributed by atoms with Gasteiger partial charge in [-0.1, -0.05) is 35.0 Å². The van der Waals surface area contributed by atoms with Crippen molar-refractivity contribution in [2.75, 3.05) is 4.72 Å². The quantitative estimate of drug-likeness (QED) is 0.792. The molecule has 0 bridgehead atoms. The molecule has 3 rings (SSSR count). The van der Waals surface area contributed by atoms with Gasteiger partial charge in [0.2, 0.25) is 5.88 Å². The Kier molecular flexibility index (Phi) is 3.87. The SMILES string of the molecule is Cc1ccc(-c2cnoc2NS(=O)(=O)c2ccc(F)cc2)cc1. The van der Waals surface area contributed by atoms with Gasteiger partial charge in [0.15, 0.2) is 0 Å². The van der Waals surface area contributed by atoms with Gasteiger partial charge in [-0.3, -0.25) is 0 Å². The summed E-state index contributed by atoms with van der Waals surface area (Å²) in [6.07, 6.45) is 1.44. The van der Waals surface area contributed by atoms with Gasteiger partial charge in [0.05, 0.1) is 16.7 Å². The summed E-state index contributed by atoms with van der Waals surface area (Å²) in [5.41, 5.74) is 2.38. The zero-order valence-corrected chi connectivity index (χ0v) is 13.0. The number of sulfonamides is 1. The van der Waals surface area contributed by atoms with Crippen LogP contribution in [-0.2, 0) is 10.0 Å². The standard InChI is InChI=1S/C16H13FN2O3S/c1-11-2-4-12(5-3-11)15-10-18-22-16(15)19-23(20,21)14-8-6-13(17)7-9-14/h2-10,19H,1H3. The van der Waals surface area contributed by atoms with Crippen molar-refractivity contribution in [1.82, 2.24) is 5.16 Å². The van der Waals surface area contributed by atoms with E-state index >= 15 is 0 Å². The lowest BCUT2D eigenvalue weighted by atomic mass is 10.1. The molecule has 1 heterocycles. The minimum absolute atomic E-state index is 0.0122. The normalized spacial score (nSPS) is 11.4. The molecule has 5 nitrogen and oxygen atoms in total. The van der Waals surface area contributed by atoms with Gasteiger partial charge in [-0.2, -0.15) is 0 Å². The Morgan fingerprint density at radius 1 is 1.04 bits per heavy atom. The lowest BCUT2D eigenvalue weighted by Crippen LogP contribution is -2.13. The molecule has 0 aliphatic carbocycles. The average Bonchev–Trinajstić information content (AvgIpc) is 2.96. The van der Waals surface area contributed by atoms with Crippen molar-refractivity contribution in [2.45, 2.75) is 11.8 Å². The van der Waals surface area contributed by atoms with Crippen LogP contribution in [0.1, 0.15) is 5.56 Å². The molecule has 2 aromatic carbocycles. The second-order valence-corrected chi connectivity index (χ2v) is 6.68. The van der Waals surface area contributed by atoms with E-state index in [1.807, 2.05) is 31.2 Å². The molecule has 0 saturated carbocycles. The third-order valence-corrected chi connectivity index (χ3v) is 4.63. The van der Waals surface area contributed by atoms with Crippen LogP contribution in [0.4, 0.5) is 10.3 Å². The molecule has 1 aromatic heterocycles. The van der Waals surface area contributed by atoms with Crippen LogP contribution in [0.25, 0.3) is 11.1 Å². The third kappa shape index (κ3) is 3.24. The van der Waals surface area contributed by atoms with Crippen molar-refractivity contribution in [3.8, 4) is 11.1 Å². The summed E-state index contributed by atoms with van der Waals surface area (Å²) in [4.78, 5) is -0.0647. The molecule has 23 heavy (non-hydrogen) atoms. The van der Waals surface area contributed by atoms with Crippen LogP contribution < -0.4 is 4.72 Å². The predicted octanol–water partition coefficient (Wildman–Crippen LogP) is 3.59. The van der Waals surface area contributed by atoms with E-state index in [-0.39, 0.29) is 10.8 Å². The Labute approximate surface area is 132 Å². The van der Waals surface area contributed by atoms with Crippen molar-refractivity contribution >= 4 is 15.9 Å². The molecule has 0 unspecified atom stereocenters. The number of anilines is 1. The molecular weight excluding hydrogens is 319 g/mol. The fraction of sp³-hybridized carbons (Fsp3) is 0.0625. The maximum absolute atomic E-state index is 12.9. The Morgan fingerprint density at radius 3 is 2.35 bits per heavy atom. The molecule has 0 fully saturated rings. The number of benzene rings is 2. The van der Waals surface area contributed by atoms with E-state index in [2.05, 4.69) is 9.88 Å². The summed E-state index contributed by atoms with van der Waals surface area (Å²) in [5.74, 6) is -0.498. The van der Waals surface area contributed by atoms with Crippen molar-refractivity contribution < 1.29 is 17.3 Å². The zero-order valence-electron chi connectivity index (χ0n) is 12.2. The predicted molar refractivity (Wildman–Crippen MR) is 83.9 cm³/mol. The molecule has 0 aliphatic heterocycles. The first-order valence-electron chi connectivity index (χ1n) is 6.76. The topological polar surface area (TPSA) is 72.2 Å². The number of nitrogens with zero attached hydrogens (tertiary/aromatic N) is 1. The second-order valence-electron chi connectivity index (χ2n) is 4.99. The highest BCUT2D eigenvalue weighted by Gasteiger charge is 2.19. The van der Waals surface area contributed by atoms with Crippen LogP contribution in [0.3, 0.4) is 0 Å². The lowest BCUT2D eigenvalue weighted by Gasteiger charge is -2.07. The van der Waals surface area contributed by atoms with Crippen molar-refractivity contribution in [3.05, 3.63) is 66.1 Å². The molecule has 7 heteroatoms. The first-order chi connectivity index (χ1) is 11.0. The van der Waals surface area contributed by atoms with Crippen molar-refractivity contribution in [2.24, 2.45) is 0 Å². The molecule has 0 saturated heterocycles. The Hall–Kier alpha value is -2.67. The van der Waals surface area contributed by atoms with Crippen molar-refractivity contribution in [3.63, 3.8) is 0 Å². The van der Waals surface area contributed by atoms with Crippen LogP contribution in [0, 0.1) is 12.7 Å². The monoisotopic (exact) mass is 332 g/mol. The second kappa shape index (κ2) is 5.85. The number of rotatable bonds is 4. The fourth-order valence-corrected chi connectivity index (χ4v) is 3.05. The number of aromatic nitrogens is 1. The molecule has 0 atom stereocenters. The largest absolute Gasteiger partial charge is 0.337 e. The highest BCUT2D eigenvalue weighted by Crippen LogP contribution is 2.29. The Morgan fingerprint density at radius 2 is 1.70 bits per heavy atom. The maximum atomic E-state index is 12.9. The molecule has 3 aromatic rings. The minimum atomic E-state index is -3.89. The van der Waals surface area contributed by atoms with E-state index in [0.717, 1.165) is 23.3 Å². The van der Waals surface area contributed by atoms with Gasteiger partial charge in [0.1, 0.15) is 5.82 Å². The molecule has 0 radical (unpaired) electrons. The summed E-state index contributed by atoms with van der Waals surface area (Å²) < 4.78 is 44.9. The Balaban J connectivity index is 1.93. The number of halogens is 1. The van der Waals surface area contributed by atoms with E-state index in [9.17, 15) is 12.8 Å². The van der Waals surface area contributed by atoms with Gasteiger partial charge < -0.3 is 4.52 Å². The Bertz CT molecular complexity index is 917. The zero-order chi connectivity index (χ0) is 16.4. The number of aryl methyl sites for hydroxylation is 1. The van der Waals surface area contributed by atoms with Crippen LogP contribution in [0.15, 0.2) is 64.1 Å². The van der Waals surface area contributed by atoms with Crippen LogP contribution >= 0.6 is 0 Å². The number of hydrogen-bond acceptors (Lipinski definition) is 4. The number of nitrogens with one attached hydrogen (secondary N) is 1. The van der Waals surface area contributed by atoms with Crippen LogP contribution in [0.5, 0.6) is 0 Å². The summed E-state index contributed by atoms with van der Waals surface area (Å²) >= 11 is 0. The average molecular weight is 332 g/mol. The van der Waals surface area contributed by atoms with Gasteiger partial charge in [0.25, 0.3) is 10.0 Å². The molecule has 0 amide bonds. The van der Waals surface area contributed by atoms with Crippen LogP contribution in [0.2, 0.25) is 0 Å². The first kappa shape index (κ1) is 15.2.